The van der Waals surface area contributed by atoms with E-state index in [9.17, 15) is 4.79 Å². The quantitative estimate of drug-likeness (QED) is 0.193. The summed E-state index contributed by atoms with van der Waals surface area (Å²) < 4.78 is 7.28. The Morgan fingerprint density at radius 1 is 0.862 bits per heavy atom. The van der Waals surface area contributed by atoms with Gasteiger partial charge < -0.3 is 9.30 Å². The van der Waals surface area contributed by atoms with Gasteiger partial charge in [-0.25, -0.2) is 4.98 Å². The number of carbonyl (C=O) groups is 1. The predicted octanol–water partition coefficient (Wildman–Crippen LogP) is 6.25. The van der Waals surface area contributed by atoms with Crippen LogP contribution in [0.1, 0.15) is 45.4 Å². The molecule has 1 heterocycles. The first kappa shape index (κ1) is 19.4. The molecule has 0 aliphatic heterocycles. The number of fused-ring (bicyclic) bond motifs is 6. The number of benzene rings is 3. The van der Waals surface area contributed by atoms with Crippen molar-refractivity contribution in [1.82, 2.24) is 9.55 Å². The van der Waals surface area contributed by atoms with Crippen LogP contribution >= 0.6 is 0 Å². The molecule has 4 heteroatoms. The molecule has 3 aromatic carbocycles. The Kier molecular flexibility index (Phi) is 6.09. The third-order valence-corrected chi connectivity index (χ3v) is 5.58. The van der Waals surface area contributed by atoms with Crippen LogP contribution in [0.5, 0.6) is 0 Å². The van der Waals surface area contributed by atoms with Crippen LogP contribution in [0, 0.1) is 0 Å². The molecular weight excluding hydrogens is 360 g/mol. The van der Waals surface area contributed by atoms with Crippen LogP contribution in [0.15, 0.2) is 54.9 Å². The van der Waals surface area contributed by atoms with E-state index in [4.69, 9.17) is 9.72 Å². The minimum absolute atomic E-state index is 0.0727. The van der Waals surface area contributed by atoms with E-state index in [0.717, 1.165) is 44.2 Å². The van der Waals surface area contributed by atoms with E-state index in [2.05, 4.69) is 53.1 Å². The van der Waals surface area contributed by atoms with E-state index in [1.807, 2.05) is 13.3 Å². The lowest BCUT2D eigenvalue weighted by molar-refractivity contribution is -0.143. The number of rotatable bonds is 9. The molecule has 0 bridgehead atoms. The fourth-order valence-corrected chi connectivity index (χ4v) is 4.20. The molecule has 0 N–H and O–H groups in total. The molecule has 0 saturated heterocycles. The third-order valence-electron chi connectivity index (χ3n) is 5.58. The summed E-state index contributed by atoms with van der Waals surface area (Å²) in [5.41, 5.74) is 2.33. The highest BCUT2D eigenvalue weighted by Crippen LogP contribution is 2.34. The van der Waals surface area contributed by atoms with Crippen molar-refractivity contribution in [2.75, 3.05) is 6.61 Å². The van der Waals surface area contributed by atoms with Crippen LogP contribution in [0.4, 0.5) is 0 Å². The Morgan fingerprint density at radius 3 is 2.24 bits per heavy atom. The molecule has 0 saturated carbocycles. The van der Waals surface area contributed by atoms with Crippen molar-refractivity contribution in [2.45, 2.75) is 52.0 Å². The molecule has 150 valence electrons. The lowest BCUT2D eigenvalue weighted by Crippen LogP contribution is -2.03. The van der Waals surface area contributed by atoms with E-state index < -0.39 is 0 Å². The SMILES string of the molecule is CCOC(=O)CCCCCCCn1cnc2c3ccccc3c3ccccc3c21. The zero-order valence-electron chi connectivity index (χ0n) is 17.1. The molecule has 0 radical (unpaired) electrons. The van der Waals surface area contributed by atoms with Gasteiger partial charge in [0, 0.05) is 23.7 Å². The molecule has 4 aromatic rings. The van der Waals surface area contributed by atoms with Crippen LogP contribution in [-0.4, -0.2) is 22.1 Å². The van der Waals surface area contributed by atoms with Crippen LogP contribution in [0.3, 0.4) is 0 Å². The predicted molar refractivity (Wildman–Crippen MR) is 119 cm³/mol. The van der Waals surface area contributed by atoms with Crippen LogP contribution in [0.2, 0.25) is 0 Å². The van der Waals surface area contributed by atoms with Gasteiger partial charge in [-0.1, -0.05) is 67.8 Å². The first-order chi connectivity index (χ1) is 14.3. The van der Waals surface area contributed by atoms with Gasteiger partial charge in [0.2, 0.25) is 0 Å². The molecule has 0 aliphatic rings. The Hall–Kier alpha value is -2.88. The Labute approximate surface area is 171 Å². The molecule has 4 rings (SSSR count). The molecule has 0 spiro atoms. The maximum atomic E-state index is 11.4. The van der Waals surface area contributed by atoms with Gasteiger partial charge in [0.15, 0.2) is 0 Å². The van der Waals surface area contributed by atoms with Crippen molar-refractivity contribution in [2.24, 2.45) is 0 Å². The zero-order chi connectivity index (χ0) is 20.1. The minimum atomic E-state index is -0.0727. The molecule has 0 atom stereocenters. The topological polar surface area (TPSA) is 44.1 Å². The summed E-state index contributed by atoms with van der Waals surface area (Å²) in [6.07, 6.45) is 7.96. The number of unbranched alkanes of at least 4 members (excludes halogenated alkanes) is 4. The second kappa shape index (κ2) is 9.08. The summed E-state index contributed by atoms with van der Waals surface area (Å²) in [6.45, 7) is 3.29. The highest BCUT2D eigenvalue weighted by Gasteiger charge is 2.12. The standard InChI is InChI=1S/C25H28N2O2/c1-2-29-23(28)16-6-4-3-5-11-17-27-18-26-24-21-14-9-7-12-19(21)20-13-8-10-15-22(20)25(24)27/h7-10,12-15,18H,2-6,11,16-17H2,1H3. The van der Waals surface area contributed by atoms with Gasteiger partial charge in [0.05, 0.1) is 24.0 Å². The number of ether oxygens (including phenoxy) is 1. The van der Waals surface area contributed by atoms with Crippen LogP contribution < -0.4 is 0 Å². The average Bonchev–Trinajstić information content (AvgIpc) is 3.18. The molecule has 0 amide bonds. The number of hydrogen-bond acceptors (Lipinski definition) is 3. The van der Waals surface area contributed by atoms with Gasteiger partial charge in [-0.05, 0) is 30.5 Å². The van der Waals surface area contributed by atoms with E-state index >= 15 is 0 Å². The van der Waals surface area contributed by atoms with Crippen molar-refractivity contribution < 1.29 is 9.53 Å². The van der Waals surface area contributed by atoms with E-state index in [1.54, 1.807) is 0 Å². The number of nitrogens with zero attached hydrogens (tertiary/aromatic N) is 2. The Balaban J connectivity index is 1.45. The van der Waals surface area contributed by atoms with Crippen LogP contribution in [-0.2, 0) is 16.1 Å². The summed E-state index contributed by atoms with van der Waals surface area (Å²) in [5, 5.41) is 5.05. The highest BCUT2D eigenvalue weighted by molar-refractivity contribution is 6.23. The maximum Gasteiger partial charge on any atom is 0.305 e. The van der Waals surface area contributed by atoms with Gasteiger partial charge in [-0.2, -0.15) is 0 Å². The Morgan fingerprint density at radius 2 is 1.48 bits per heavy atom. The van der Waals surface area contributed by atoms with Crippen molar-refractivity contribution in [1.29, 1.82) is 0 Å². The monoisotopic (exact) mass is 388 g/mol. The summed E-state index contributed by atoms with van der Waals surface area (Å²) in [6, 6.07) is 17.2. The molecule has 1 aromatic heterocycles. The lowest BCUT2D eigenvalue weighted by atomic mass is 10.00. The second-order valence-corrected chi connectivity index (χ2v) is 7.55. The maximum absolute atomic E-state index is 11.4. The molecule has 29 heavy (non-hydrogen) atoms. The van der Waals surface area contributed by atoms with Crippen molar-refractivity contribution in [3.05, 3.63) is 54.9 Å². The summed E-state index contributed by atoms with van der Waals surface area (Å²) in [5.74, 6) is -0.0727. The van der Waals surface area contributed by atoms with Crippen molar-refractivity contribution in [3.63, 3.8) is 0 Å². The van der Waals surface area contributed by atoms with Crippen molar-refractivity contribution >= 4 is 38.5 Å². The normalized spacial score (nSPS) is 11.5. The number of aromatic nitrogens is 2. The third kappa shape index (κ3) is 4.12. The van der Waals surface area contributed by atoms with Gasteiger partial charge in [-0.3, -0.25) is 4.79 Å². The van der Waals surface area contributed by atoms with Gasteiger partial charge in [0.1, 0.15) is 0 Å². The molecular formula is C25H28N2O2. The minimum Gasteiger partial charge on any atom is -0.466 e. The Bertz CT molecular complexity index is 1130. The van der Waals surface area contributed by atoms with E-state index in [0.29, 0.717) is 13.0 Å². The summed E-state index contributed by atoms with van der Waals surface area (Å²) in [4.78, 5) is 16.2. The molecule has 0 unspecified atom stereocenters. The van der Waals surface area contributed by atoms with Crippen molar-refractivity contribution in [3.8, 4) is 0 Å². The lowest BCUT2D eigenvalue weighted by Gasteiger charge is -2.10. The largest absolute Gasteiger partial charge is 0.466 e. The number of aryl methyl sites for hydroxylation is 1. The highest BCUT2D eigenvalue weighted by atomic mass is 16.5. The van der Waals surface area contributed by atoms with Gasteiger partial charge in [0.25, 0.3) is 0 Å². The fourth-order valence-electron chi connectivity index (χ4n) is 4.20. The first-order valence-electron chi connectivity index (χ1n) is 10.7. The fraction of sp³-hybridized carbons (Fsp3) is 0.360. The van der Waals surface area contributed by atoms with E-state index in [-0.39, 0.29) is 5.97 Å². The van der Waals surface area contributed by atoms with Gasteiger partial charge >= 0.3 is 5.97 Å². The second-order valence-electron chi connectivity index (χ2n) is 7.55. The molecule has 0 aliphatic carbocycles. The summed E-state index contributed by atoms with van der Waals surface area (Å²) >= 11 is 0. The number of esters is 1. The molecule has 4 nitrogen and oxygen atoms in total. The van der Waals surface area contributed by atoms with E-state index in [1.165, 1.54) is 27.1 Å². The number of hydrogen-bond donors (Lipinski definition) is 0. The first-order valence-corrected chi connectivity index (χ1v) is 10.7. The smallest absolute Gasteiger partial charge is 0.305 e. The summed E-state index contributed by atoms with van der Waals surface area (Å²) in [7, 11) is 0. The van der Waals surface area contributed by atoms with Gasteiger partial charge in [-0.15, -0.1) is 0 Å². The van der Waals surface area contributed by atoms with Crippen LogP contribution in [0.25, 0.3) is 32.6 Å². The average molecular weight is 389 g/mol. The zero-order valence-corrected chi connectivity index (χ0v) is 17.1. The number of carbonyl (C=O) groups excluding carboxylic acids is 1. The molecule has 0 fully saturated rings. The number of imidazole rings is 1.